The van der Waals surface area contributed by atoms with Crippen molar-refractivity contribution in [2.75, 3.05) is 13.2 Å². The molecule has 1 aliphatic rings. The predicted octanol–water partition coefficient (Wildman–Crippen LogP) is 1.64. The van der Waals surface area contributed by atoms with Gasteiger partial charge in [-0.05, 0) is 25.0 Å². The van der Waals surface area contributed by atoms with E-state index in [0.29, 0.717) is 10.9 Å². The first-order chi connectivity index (χ1) is 7.77. The van der Waals surface area contributed by atoms with Crippen LogP contribution in [0.1, 0.15) is 18.5 Å². The highest BCUT2D eigenvalue weighted by Gasteiger charge is 2.17. The SMILES string of the molecule is N=C(N)c1ncccc1SC1CCOCC1. The first kappa shape index (κ1) is 11.4. The zero-order chi connectivity index (χ0) is 11.4. The second kappa shape index (κ2) is 5.32. The van der Waals surface area contributed by atoms with E-state index in [2.05, 4.69) is 4.98 Å². The Morgan fingerprint density at radius 1 is 1.50 bits per heavy atom. The van der Waals surface area contributed by atoms with Gasteiger partial charge in [0.1, 0.15) is 11.5 Å². The Labute approximate surface area is 99.1 Å². The molecular formula is C11H15N3OS. The molecule has 0 saturated carbocycles. The minimum absolute atomic E-state index is 0.0372. The second-order valence-corrected chi connectivity index (χ2v) is 5.04. The molecule has 5 heteroatoms. The van der Waals surface area contributed by atoms with E-state index in [1.54, 1.807) is 18.0 Å². The summed E-state index contributed by atoms with van der Waals surface area (Å²) in [6.07, 6.45) is 3.78. The molecule has 0 aromatic carbocycles. The normalized spacial score (nSPS) is 17.2. The number of ether oxygens (including phenoxy) is 1. The summed E-state index contributed by atoms with van der Waals surface area (Å²) in [7, 11) is 0. The third kappa shape index (κ3) is 2.74. The van der Waals surface area contributed by atoms with Crippen LogP contribution in [0.15, 0.2) is 23.2 Å². The highest BCUT2D eigenvalue weighted by Crippen LogP contribution is 2.30. The topological polar surface area (TPSA) is 72.0 Å². The Morgan fingerprint density at radius 3 is 2.94 bits per heavy atom. The van der Waals surface area contributed by atoms with Crippen LogP contribution in [-0.4, -0.2) is 29.3 Å². The first-order valence-corrected chi connectivity index (χ1v) is 6.19. The highest BCUT2D eigenvalue weighted by molar-refractivity contribution is 8.00. The average molecular weight is 237 g/mol. The minimum atomic E-state index is 0.0372. The van der Waals surface area contributed by atoms with E-state index in [1.807, 2.05) is 12.1 Å². The van der Waals surface area contributed by atoms with Gasteiger partial charge in [0.15, 0.2) is 0 Å². The van der Waals surface area contributed by atoms with Crippen molar-refractivity contribution in [2.45, 2.75) is 23.0 Å². The molecule has 2 heterocycles. The van der Waals surface area contributed by atoms with E-state index in [0.717, 1.165) is 31.0 Å². The fourth-order valence-electron chi connectivity index (χ4n) is 1.66. The molecule has 4 nitrogen and oxygen atoms in total. The van der Waals surface area contributed by atoms with Gasteiger partial charge in [-0.15, -0.1) is 11.8 Å². The van der Waals surface area contributed by atoms with E-state index in [9.17, 15) is 0 Å². The zero-order valence-corrected chi connectivity index (χ0v) is 9.80. The van der Waals surface area contributed by atoms with Gasteiger partial charge in [0.25, 0.3) is 0 Å². The van der Waals surface area contributed by atoms with Gasteiger partial charge in [0.2, 0.25) is 0 Å². The summed E-state index contributed by atoms with van der Waals surface area (Å²) in [5.74, 6) is 0.0372. The maximum atomic E-state index is 7.47. The molecule has 86 valence electrons. The van der Waals surface area contributed by atoms with Crippen LogP contribution < -0.4 is 5.73 Å². The van der Waals surface area contributed by atoms with Gasteiger partial charge in [0.05, 0.1) is 0 Å². The molecule has 1 saturated heterocycles. The highest BCUT2D eigenvalue weighted by atomic mass is 32.2. The lowest BCUT2D eigenvalue weighted by atomic mass is 10.2. The summed E-state index contributed by atoms with van der Waals surface area (Å²) in [5, 5.41) is 8.02. The van der Waals surface area contributed by atoms with Gasteiger partial charge in [0, 0.05) is 29.6 Å². The standard InChI is InChI=1S/C11H15N3OS/c12-11(13)10-9(2-1-5-14-10)16-8-3-6-15-7-4-8/h1-2,5,8H,3-4,6-7H2,(H3,12,13). The van der Waals surface area contributed by atoms with Crippen molar-refractivity contribution >= 4 is 17.6 Å². The van der Waals surface area contributed by atoms with E-state index >= 15 is 0 Å². The van der Waals surface area contributed by atoms with Crippen molar-refractivity contribution in [2.24, 2.45) is 5.73 Å². The zero-order valence-electron chi connectivity index (χ0n) is 8.98. The van der Waals surface area contributed by atoms with Gasteiger partial charge >= 0.3 is 0 Å². The molecule has 0 bridgehead atoms. The minimum Gasteiger partial charge on any atom is -0.382 e. The van der Waals surface area contributed by atoms with Gasteiger partial charge < -0.3 is 10.5 Å². The quantitative estimate of drug-likeness (QED) is 0.619. The third-order valence-corrected chi connectivity index (χ3v) is 3.88. The number of nitrogens with one attached hydrogen (secondary N) is 1. The molecule has 0 radical (unpaired) electrons. The maximum absolute atomic E-state index is 7.47. The van der Waals surface area contributed by atoms with Crippen LogP contribution in [0.4, 0.5) is 0 Å². The van der Waals surface area contributed by atoms with Crippen LogP contribution >= 0.6 is 11.8 Å². The molecule has 0 spiro atoms. The summed E-state index contributed by atoms with van der Waals surface area (Å²) in [6, 6.07) is 3.86. The lowest BCUT2D eigenvalue weighted by molar-refractivity contribution is 0.100. The number of pyridine rings is 1. The molecule has 0 amide bonds. The molecule has 0 atom stereocenters. The van der Waals surface area contributed by atoms with Gasteiger partial charge in [-0.25, -0.2) is 0 Å². The number of nitrogen functional groups attached to an aromatic ring is 1. The van der Waals surface area contributed by atoms with E-state index < -0.39 is 0 Å². The number of rotatable bonds is 3. The number of hydrogen-bond donors (Lipinski definition) is 2. The van der Waals surface area contributed by atoms with Crippen LogP contribution in [0.3, 0.4) is 0 Å². The average Bonchev–Trinajstić information content (AvgIpc) is 2.31. The van der Waals surface area contributed by atoms with Crippen LogP contribution in [0.2, 0.25) is 0 Å². The van der Waals surface area contributed by atoms with E-state index in [1.165, 1.54) is 0 Å². The summed E-state index contributed by atoms with van der Waals surface area (Å²) < 4.78 is 5.32. The van der Waals surface area contributed by atoms with Crippen molar-refractivity contribution in [3.05, 3.63) is 24.0 Å². The number of aromatic nitrogens is 1. The van der Waals surface area contributed by atoms with E-state index in [-0.39, 0.29) is 5.84 Å². The van der Waals surface area contributed by atoms with Crippen molar-refractivity contribution < 1.29 is 4.74 Å². The van der Waals surface area contributed by atoms with Crippen LogP contribution in [-0.2, 0) is 4.74 Å². The van der Waals surface area contributed by atoms with Crippen molar-refractivity contribution in [1.29, 1.82) is 5.41 Å². The molecule has 1 aliphatic heterocycles. The van der Waals surface area contributed by atoms with Gasteiger partial charge in [-0.3, -0.25) is 10.4 Å². The fourth-order valence-corrected chi connectivity index (χ4v) is 2.88. The summed E-state index contributed by atoms with van der Waals surface area (Å²) in [4.78, 5) is 5.14. The number of nitrogens with zero attached hydrogens (tertiary/aromatic N) is 1. The molecule has 0 unspecified atom stereocenters. The molecular weight excluding hydrogens is 222 g/mol. The Balaban J connectivity index is 2.10. The van der Waals surface area contributed by atoms with E-state index in [4.69, 9.17) is 15.9 Å². The lowest BCUT2D eigenvalue weighted by Gasteiger charge is -2.22. The smallest absolute Gasteiger partial charge is 0.142 e. The monoisotopic (exact) mass is 237 g/mol. The Morgan fingerprint density at radius 2 is 2.25 bits per heavy atom. The Hall–Kier alpha value is -1.07. The number of amidine groups is 1. The van der Waals surface area contributed by atoms with Crippen LogP contribution in [0.5, 0.6) is 0 Å². The molecule has 2 rings (SSSR count). The van der Waals surface area contributed by atoms with Crippen molar-refractivity contribution in [3.63, 3.8) is 0 Å². The number of hydrogen-bond acceptors (Lipinski definition) is 4. The Bertz CT molecular complexity index is 377. The maximum Gasteiger partial charge on any atom is 0.142 e. The van der Waals surface area contributed by atoms with Crippen molar-refractivity contribution in [3.8, 4) is 0 Å². The summed E-state index contributed by atoms with van der Waals surface area (Å²) in [6.45, 7) is 1.65. The number of nitrogens with two attached hydrogens (primary N) is 1. The molecule has 1 aromatic rings. The third-order valence-electron chi connectivity index (χ3n) is 2.49. The molecule has 3 N–H and O–H groups in total. The largest absolute Gasteiger partial charge is 0.382 e. The van der Waals surface area contributed by atoms with Gasteiger partial charge in [-0.2, -0.15) is 0 Å². The lowest BCUT2D eigenvalue weighted by Crippen LogP contribution is -2.19. The first-order valence-electron chi connectivity index (χ1n) is 5.31. The van der Waals surface area contributed by atoms with Crippen LogP contribution in [0.25, 0.3) is 0 Å². The predicted molar refractivity (Wildman–Crippen MR) is 65.0 cm³/mol. The summed E-state index contributed by atoms with van der Waals surface area (Å²) in [5.41, 5.74) is 6.10. The van der Waals surface area contributed by atoms with Crippen LogP contribution in [0, 0.1) is 5.41 Å². The molecule has 16 heavy (non-hydrogen) atoms. The molecule has 1 fully saturated rings. The second-order valence-electron chi connectivity index (χ2n) is 3.69. The molecule has 0 aliphatic carbocycles. The fraction of sp³-hybridized carbons (Fsp3) is 0.455. The van der Waals surface area contributed by atoms with Crippen molar-refractivity contribution in [1.82, 2.24) is 4.98 Å². The number of thioether (sulfide) groups is 1. The Kier molecular flexibility index (Phi) is 3.79. The van der Waals surface area contributed by atoms with Gasteiger partial charge in [-0.1, -0.05) is 0 Å². The molecule has 1 aromatic heterocycles. The summed E-state index contributed by atoms with van der Waals surface area (Å²) >= 11 is 1.76.